The van der Waals surface area contributed by atoms with Crippen molar-refractivity contribution in [2.75, 3.05) is 6.61 Å². The van der Waals surface area contributed by atoms with Gasteiger partial charge < -0.3 is 9.84 Å². The molecular weight excluding hydrogens is 148 g/mol. The summed E-state index contributed by atoms with van der Waals surface area (Å²) >= 11 is 0. The topological polar surface area (TPSA) is 63.6 Å². The quantitative estimate of drug-likeness (QED) is 0.356. The van der Waals surface area contributed by atoms with Crippen LogP contribution in [0.2, 0.25) is 0 Å². The molecule has 0 aliphatic heterocycles. The Balaban J connectivity index is 3.21. The lowest BCUT2D eigenvalue weighted by molar-refractivity contribution is -0.139. The minimum atomic E-state index is -1.01. The van der Waals surface area contributed by atoms with Gasteiger partial charge in [0.25, 0.3) is 0 Å². The van der Waals surface area contributed by atoms with Crippen LogP contribution in [-0.4, -0.2) is 23.7 Å². The van der Waals surface area contributed by atoms with Crippen LogP contribution in [0, 0.1) is 6.42 Å². The minimum absolute atomic E-state index is 0.0805. The predicted molar refractivity (Wildman–Crippen MR) is 37.7 cm³/mol. The molecule has 1 radical (unpaired) electrons. The maximum absolute atomic E-state index is 10.4. The highest BCUT2D eigenvalue weighted by Crippen LogP contribution is 1.89. The number of hydrogen-bond donors (Lipinski definition) is 1. The zero-order chi connectivity index (χ0) is 8.69. The third-order valence-corrected chi connectivity index (χ3v) is 0.848. The van der Waals surface area contributed by atoms with E-state index in [1.165, 1.54) is 0 Å². The summed E-state index contributed by atoms with van der Waals surface area (Å²) < 4.78 is 4.49. The van der Waals surface area contributed by atoms with Crippen LogP contribution < -0.4 is 0 Å². The molecule has 4 heteroatoms. The summed E-state index contributed by atoms with van der Waals surface area (Å²) in [4.78, 5) is 20.3. The number of aliphatic carboxylic acids is 1. The molecule has 0 saturated heterocycles. The van der Waals surface area contributed by atoms with Crippen LogP contribution in [0.1, 0.15) is 6.42 Å². The van der Waals surface area contributed by atoms with Gasteiger partial charge in [-0.2, -0.15) is 0 Å². The van der Waals surface area contributed by atoms with Gasteiger partial charge in [-0.3, -0.25) is 4.79 Å². The fraction of sp³-hybridized carbons (Fsp3) is 0.286. The fourth-order valence-electron chi connectivity index (χ4n) is 0.401. The molecule has 0 amide bonds. The highest BCUT2D eigenvalue weighted by atomic mass is 16.5. The van der Waals surface area contributed by atoms with Crippen LogP contribution in [0.3, 0.4) is 0 Å². The predicted octanol–water partition coefficient (Wildman–Crippen LogP) is 0.395. The number of rotatable bonds is 5. The van der Waals surface area contributed by atoms with Gasteiger partial charge in [0.2, 0.25) is 0 Å². The Morgan fingerprint density at radius 1 is 1.55 bits per heavy atom. The van der Waals surface area contributed by atoms with Crippen molar-refractivity contribution < 1.29 is 19.4 Å². The Morgan fingerprint density at radius 3 is 2.64 bits per heavy atom. The molecule has 0 rings (SSSR count). The first-order valence-electron chi connectivity index (χ1n) is 3.02. The summed E-state index contributed by atoms with van der Waals surface area (Å²) in [5.41, 5.74) is 0. The van der Waals surface area contributed by atoms with Gasteiger partial charge in [-0.1, -0.05) is 6.58 Å². The van der Waals surface area contributed by atoms with Crippen LogP contribution in [0.15, 0.2) is 12.7 Å². The van der Waals surface area contributed by atoms with E-state index in [0.717, 1.165) is 12.5 Å². The summed E-state index contributed by atoms with van der Waals surface area (Å²) in [6, 6.07) is 0. The van der Waals surface area contributed by atoms with Crippen molar-refractivity contribution in [3.8, 4) is 0 Å². The second-order valence-corrected chi connectivity index (χ2v) is 1.70. The van der Waals surface area contributed by atoms with Crippen molar-refractivity contribution in [2.45, 2.75) is 6.42 Å². The van der Waals surface area contributed by atoms with Crippen molar-refractivity contribution in [3.63, 3.8) is 0 Å². The van der Waals surface area contributed by atoms with Gasteiger partial charge in [0, 0.05) is 6.08 Å². The van der Waals surface area contributed by atoms with Gasteiger partial charge in [-0.15, -0.1) is 0 Å². The standard InChI is InChI=1S/C7H9O4/c1-2-7(10)11-5-3-4-6(8)9/h2,4H,1,3,5H2,(H,8,9). The Labute approximate surface area is 64.5 Å². The first-order valence-corrected chi connectivity index (χ1v) is 3.02. The lowest BCUT2D eigenvalue weighted by Gasteiger charge is -1.97. The first kappa shape index (κ1) is 9.68. The largest absolute Gasteiger partial charge is 0.481 e. The maximum Gasteiger partial charge on any atom is 0.330 e. The SMILES string of the molecule is C=CC(=O)OCC[CH]C(=O)O. The highest BCUT2D eigenvalue weighted by molar-refractivity contribution is 5.81. The Kier molecular flexibility index (Phi) is 4.81. The Hall–Kier alpha value is -1.32. The van der Waals surface area contributed by atoms with E-state index in [-0.39, 0.29) is 13.0 Å². The van der Waals surface area contributed by atoms with E-state index in [2.05, 4.69) is 11.3 Å². The third kappa shape index (κ3) is 6.57. The second kappa shape index (κ2) is 5.46. The van der Waals surface area contributed by atoms with E-state index in [9.17, 15) is 9.59 Å². The number of carbonyl (C=O) groups excluding carboxylic acids is 1. The molecule has 0 aromatic heterocycles. The monoisotopic (exact) mass is 157 g/mol. The maximum atomic E-state index is 10.4. The van der Waals surface area contributed by atoms with Crippen molar-refractivity contribution in [2.24, 2.45) is 0 Å². The summed E-state index contributed by atoms with van der Waals surface area (Å²) in [6.45, 7) is 3.25. The second-order valence-electron chi connectivity index (χ2n) is 1.70. The van der Waals surface area contributed by atoms with Gasteiger partial charge in [-0.05, 0) is 6.42 Å². The minimum Gasteiger partial charge on any atom is -0.481 e. The van der Waals surface area contributed by atoms with Crippen LogP contribution in [-0.2, 0) is 14.3 Å². The van der Waals surface area contributed by atoms with Gasteiger partial charge in [0.05, 0.1) is 13.0 Å². The molecule has 0 aromatic carbocycles. The molecule has 0 spiro atoms. The molecule has 0 saturated carbocycles. The smallest absolute Gasteiger partial charge is 0.330 e. The number of carboxylic acids is 1. The zero-order valence-electron chi connectivity index (χ0n) is 5.95. The number of carboxylic acid groups (broad SMARTS) is 1. The van der Waals surface area contributed by atoms with Crippen molar-refractivity contribution in [1.29, 1.82) is 0 Å². The fourth-order valence-corrected chi connectivity index (χ4v) is 0.401. The molecule has 0 heterocycles. The number of hydrogen-bond acceptors (Lipinski definition) is 3. The molecule has 11 heavy (non-hydrogen) atoms. The lowest BCUT2D eigenvalue weighted by Crippen LogP contribution is -2.04. The van der Waals surface area contributed by atoms with E-state index in [4.69, 9.17) is 5.11 Å². The molecular formula is C7H9O4. The number of esters is 1. The summed E-state index contributed by atoms with van der Waals surface area (Å²) in [5, 5.41) is 8.12. The number of ether oxygens (including phenoxy) is 1. The van der Waals surface area contributed by atoms with E-state index in [1.807, 2.05) is 0 Å². The molecule has 4 nitrogen and oxygen atoms in total. The normalized spacial score (nSPS) is 8.73. The van der Waals surface area contributed by atoms with Crippen molar-refractivity contribution in [3.05, 3.63) is 19.1 Å². The molecule has 0 atom stereocenters. The van der Waals surface area contributed by atoms with Crippen LogP contribution in [0.25, 0.3) is 0 Å². The molecule has 1 N–H and O–H groups in total. The van der Waals surface area contributed by atoms with Gasteiger partial charge in [-0.25, -0.2) is 4.79 Å². The van der Waals surface area contributed by atoms with Crippen molar-refractivity contribution >= 4 is 11.9 Å². The summed E-state index contributed by atoms with van der Waals surface area (Å²) in [5.74, 6) is -1.55. The molecule has 0 aliphatic rings. The summed E-state index contributed by atoms with van der Waals surface area (Å²) in [6.07, 6.45) is 2.27. The Morgan fingerprint density at radius 2 is 2.18 bits per heavy atom. The van der Waals surface area contributed by atoms with Crippen LogP contribution >= 0.6 is 0 Å². The van der Waals surface area contributed by atoms with Crippen LogP contribution in [0.4, 0.5) is 0 Å². The first-order chi connectivity index (χ1) is 5.16. The van der Waals surface area contributed by atoms with Crippen molar-refractivity contribution in [1.82, 2.24) is 0 Å². The molecule has 61 valence electrons. The van der Waals surface area contributed by atoms with E-state index in [1.54, 1.807) is 0 Å². The van der Waals surface area contributed by atoms with Gasteiger partial charge in [0.15, 0.2) is 0 Å². The number of carbonyl (C=O) groups is 2. The van der Waals surface area contributed by atoms with Gasteiger partial charge in [0.1, 0.15) is 0 Å². The average Bonchev–Trinajstić information content (AvgIpc) is 1.97. The summed E-state index contributed by atoms with van der Waals surface area (Å²) in [7, 11) is 0. The zero-order valence-corrected chi connectivity index (χ0v) is 5.95. The van der Waals surface area contributed by atoms with Crippen LogP contribution in [0.5, 0.6) is 0 Å². The highest BCUT2D eigenvalue weighted by Gasteiger charge is 1.98. The average molecular weight is 157 g/mol. The third-order valence-electron chi connectivity index (χ3n) is 0.848. The molecule has 0 aromatic rings. The molecule has 0 fully saturated rings. The molecule has 0 unspecified atom stereocenters. The van der Waals surface area contributed by atoms with E-state index >= 15 is 0 Å². The van der Waals surface area contributed by atoms with Gasteiger partial charge >= 0.3 is 11.9 Å². The molecule has 0 aliphatic carbocycles. The lowest BCUT2D eigenvalue weighted by atomic mass is 10.3. The van der Waals surface area contributed by atoms with E-state index in [0.29, 0.717) is 0 Å². The van der Waals surface area contributed by atoms with E-state index < -0.39 is 11.9 Å². The molecule has 0 bridgehead atoms. The Bertz CT molecular complexity index is 162.